The van der Waals surface area contributed by atoms with Crippen LogP contribution in [-0.2, 0) is 6.42 Å². The number of hydrogen-bond acceptors (Lipinski definition) is 1. The van der Waals surface area contributed by atoms with E-state index in [1.807, 2.05) is 12.1 Å². The van der Waals surface area contributed by atoms with Crippen LogP contribution in [0.1, 0.15) is 47.1 Å². The van der Waals surface area contributed by atoms with Crippen molar-refractivity contribution in [3.8, 4) is 0 Å². The van der Waals surface area contributed by atoms with Crippen LogP contribution in [0.15, 0.2) is 18.2 Å². The number of nitrogens with one attached hydrogen (secondary N) is 1. The fourth-order valence-corrected chi connectivity index (χ4v) is 2.48. The van der Waals surface area contributed by atoms with Crippen LogP contribution in [0.25, 0.3) is 0 Å². The van der Waals surface area contributed by atoms with Gasteiger partial charge in [-0.2, -0.15) is 0 Å². The highest BCUT2D eigenvalue weighted by Crippen LogP contribution is 2.33. The molecule has 1 aromatic carbocycles. The van der Waals surface area contributed by atoms with Gasteiger partial charge in [-0.25, -0.2) is 0 Å². The van der Waals surface area contributed by atoms with E-state index in [9.17, 15) is 0 Å². The summed E-state index contributed by atoms with van der Waals surface area (Å²) in [5.74, 6) is 0.498. The van der Waals surface area contributed by atoms with E-state index in [1.54, 1.807) is 0 Å². The fraction of sp³-hybridized carbons (Fsp3) is 0.647. The average molecular weight is 316 g/mol. The first-order chi connectivity index (χ1) is 9.00. The Bertz CT molecular complexity index is 441. The summed E-state index contributed by atoms with van der Waals surface area (Å²) in [7, 11) is 0. The van der Waals surface area contributed by atoms with Crippen LogP contribution in [0, 0.1) is 11.3 Å². The summed E-state index contributed by atoms with van der Waals surface area (Å²) in [6.45, 7) is 14.4. The lowest BCUT2D eigenvalue weighted by Crippen LogP contribution is -2.42. The predicted molar refractivity (Wildman–Crippen MR) is 90.9 cm³/mol. The SMILES string of the molecule is CC(C)(C)NCC(Cc1cccc(Cl)c1Cl)C(C)(C)C. The first-order valence-electron chi connectivity index (χ1n) is 7.18. The average Bonchev–Trinajstić information content (AvgIpc) is 2.26. The van der Waals surface area contributed by atoms with Crippen LogP contribution in [0.5, 0.6) is 0 Å². The zero-order valence-corrected chi connectivity index (χ0v) is 15.0. The molecule has 1 atom stereocenters. The lowest BCUT2D eigenvalue weighted by Gasteiger charge is -2.34. The Kier molecular flexibility index (Phi) is 5.95. The Morgan fingerprint density at radius 3 is 2.15 bits per heavy atom. The molecule has 0 amide bonds. The minimum absolute atomic E-state index is 0.127. The third-order valence-corrected chi connectivity index (χ3v) is 4.46. The van der Waals surface area contributed by atoms with E-state index in [4.69, 9.17) is 23.2 Å². The standard InChI is InChI=1S/C17H27Cl2N/c1-16(2,3)13(11-20-17(4,5)6)10-12-8-7-9-14(18)15(12)19/h7-9,13,20H,10-11H2,1-6H3. The van der Waals surface area contributed by atoms with Crippen LogP contribution in [-0.4, -0.2) is 12.1 Å². The molecule has 1 nitrogen and oxygen atoms in total. The van der Waals surface area contributed by atoms with E-state index in [-0.39, 0.29) is 11.0 Å². The van der Waals surface area contributed by atoms with Crippen LogP contribution in [0.3, 0.4) is 0 Å². The molecular weight excluding hydrogens is 289 g/mol. The second kappa shape index (κ2) is 6.68. The Morgan fingerprint density at radius 1 is 1.05 bits per heavy atom. The van der Waals surface area contributed by atoms with Gasteiger partial charge in [0.05, 0.1) is 10.0 Å². The van der Waals surface area contributed by atoms with Crippen molar-refractivity contribution >= 4 is 23.2 Å². The Hall–Kier alpha value is -0.240. The molecule has 0 aromatic heterocycles. The van der Waals surface area contributed by atoms with Crippen molar-refractivity contribution < 1.29 is 0 Å². The molecule has 0 aliphatic rings. The topological polar surface area (TPSA) is 12.0 Å². The number of hydrogen-bond donors (Lipinski definition) is 1. The van der Waals surface area contributed by atoms with Gasteiger partial charge in [-0.1, -0.05) is 56.1 Å². The molecule has 1 unspecified atom stereocenters. The normalized spacial score (nSPS) is 14.4. The van der Waals surface area contributed by atoms with Crippen molar-refractivity contribution in [2.24, 2.45) is 11.3 Å². The third kappa shape index (κ3) is 5.63. The first kappa shape index (κ1) is 17.8. The molecule has 0 saturated carbocycles. The summed E-state index contributed by atoms with van der Waals surface area (Å²) in [6.07, 6.45) is 0.936. The van der Waals surface area contributed by atoms with E-state index in [2.05, 4.69) is 52.9 Å². The molecule has 0 bridgehead atoms. The third-order valence-electron chi connectivity index (χ3n) is 3.60. The molecule has 0 saturated heterocycles. The van der Waals surface area contributed by atoms with Crippen molar-refractivity contribution in [3.05, 3.63) is 33.8 Å². The minimum atomic E-state index is 0.127. The number of benzene rings is 1. The lowest BCUT2D eigenvalue weighted by molar-refractivity contribution is 0.214. The molecule has 20 heavy (non-hydrogen) atoms. The predicted octanol–water partition coefficient (Wildman–Crippen LogP) is 5.59. The molecule has 0 radical (unpaired) electrons. The molecule has 3 heteroatoms. The van der Waals surface area contributed by atoms with Gasteiger partial charge in [0.1, 0.15) is 0 Å². The Morgan fingerprint density at radius 2 is 1.65 bits per heavy atom. The Labute approximate surface area is 134 Å². The van der Waals surface area contributed by atoms with Crippen molar-refractivity contribution in [2.45, 2.75) is 53.5 Å². The zero-order valence-electron chi connectivity index (χ0n) is 13.5. The van der Waals surface area contributed by atoms with Crippen molar-refractivity contribution in [1.29, 1.82) is 0 Å². The molecular formula is C17H27Cl2N. The summed E-state index contributed by atoms with van der Waals surface area (Å²) in [4.78, 5) is 0. The van der Waals surface area contributed by atoms with Crippen LogP contribution >= 0.6 is 23.2 Å². The van der Waals surface area contributed by atoms with E-state index in [0.717, 1.165) is 18.5 Å². The van der Waals surface area contributed by atoms with Gasteiger partial charge in [-0.3, -0.25) is 0 Å². The van der Waals surface area contributed by atoms with Gasteiger partial charge in [-0.05, 0) is 56.7 Å². The summed E-state index contributed by atoms with van der Waals surface area (Å²) < 4.78 is 0. The summed E-state index contributed by atoms with van der Waals surface area (Å²) in [6, 6.07) is 5.89. The van der Waals surface area contributed by atoms with Crippen molar-refractivity contribution in [3.63, 3.8) is 0 Å². The molecule has 0 spiro atoms. The maximum Gasteiger partial charge on any atom is 0.0624 e. The smallest absolute Gasteiger partial charge is 0.0624 e. The maximum absolute atomic E-state index is 6.33. The molecule has 0 aliphatic carbocycles. The molecule has 0 heterocycles. The van der Waals surface area contributed by atoms with Gasteiger partial charge < -0.3 is 5.32 Å². The Balaban J connectivity index is 2.88. The summed E-state index contributed by atoms with van der Waals surface area (Å²) in [5, 5.41) is 4.94. The van der Waals surface area contributed by atoms with E-state index in [0.29, 0.717) is 16.0 Å². The second-order valence-corrected chi connectivity index (χ2v) is 8.40. The summed E-state index contributed by atoms with van der Waals surface area (Å²) >= 11 is 12.4. The van der Waals surface area contributed by atoms with Gasteiger partial charge in [-0.15, -0.1) is 0 Å². The second-order valence-electron chi connectivity index (χ2n) is 7.61. The van der Waals surface area contributed by atoms with Crippen molar-refractivity contribution in [1.82, 2.24) is 5.32 Å². The van der Waals surface area contributed by atoms with E-state index >= 15 is 0 Å². The minimum Gasteiger partial charge on any atom is -0.312 e. The van der Waals surface area contributed by atoms with Crippen LogP contribution in [0.4, 0.5) is 0 Å². The monoisotopic (exact) mass is 315 g/mol. The van der Waals surface area contributed by atoms with Gasteiger partial charge in [0, 0.05) is 5.54 Å². The van der Waals surface area contributed by atoms with Gasteiger partial charge in [0.2, 0.25) is 0 Å². The lowest BCUT2D eigenvalue weighted by atomic mass is 9.77. The molecule has 0 fully saturated rings. The largest absolute Gasteiger partial charge is 0.312 e. The highest BCUT2D eigenvalue weighted by Gasteiger charge is 2.27. The van der Waals surface area contributed by atoms with Gasteiger partial charge in [0.25, 0.3) is 0 Å². The fourth-order valence-electron chi connectivity index (χ4n) is 2.09. The zero-order chi connectivity index (χ0) is 15.6. The molecule has 1 N–H and O–H groups in total. The highest BCUT2D eigenvalue weighted by molar-refractivity contribution is 6.42. The van der Waals surface area contributed by atoms with E-state index in [1.165, 1.54) is 0 Å². The summed E-state index contributed by atoms with van der Waals surface area (Å²) in [5.41, 5.74) is 1.47. The highest BCUT2D eigenvalue weighted by atomic mass is 35.5. The van der Waals surface area contributed by atoms with Crippen LogP contribution in [0.2, 0.25) is 10.0 Å². The number of rotatable bonds is 4. The van der Waals surface area contributed by atoms with Gasteiger partial charge >= 0.3 is 0 Å². The quantitative estimate of drug-likeness (QED) is 0.764. The van der Waals surface area contributed by atoms with E-state index < -0.39 is 0 Å². The molecule has 1 aromatic rings. The molecule has 114 valence electrons. The maximum atomic E-state index is 6.33. The van der Waals surface area contributed by atoms with Gasteiger partial charge in [0.15, 0.2) is 0 Å². The van der Waals surface area contributed by atoms with Crippen molar-refractivity contribution in [2.75, 3.05) is 6.54 Å². The molecule has 0 aliphatic heterocycles. The molecule has 1 rings (SSSR count). The first-order valence-corrected chi connectivity index (χ1v) is 7.94. The number of halogens is 2. The van der Waals surface area contributed by atoms with Crippen LogP contribution < -0.4 is 5.32 Å².